The highest BCUT2D eigenvalue weighted by atomic mass is 32.2. The number of aromatic nitrogens is 1. The lowest BCUT2D eigenvalue weighted by atomic mass is 10.2. The molecule has 2 aliphatic heterocycles. The average molecular weight is 559 g/mol. The van der Waals surface area contributed by atoms with Gasteiger partial charge in [-0.05, 0) is 50.5 Å². The highest BCUT2D eigenvalue weighted by Gasteiger charge is 2.42. The number of aryl methyl sites for hydroxylation is 1. The Bertz CT molecular complexity index is 1370. The van der Waals surface area contributed by atoms with Crippen molar-refractivity contribution in [1.29, 1.82) is 0 Å². The number of carbonyl (C=O) groups excluding carboxylic acids is 1. The molecule has 3 aromatic rings. The zero-order valence-corrected chi connectivity index (χ0v) is 23.5. The smallest absolute Gasteiger partial charge is 0.247 e. The molecule has 1 aromatic heterocycles. The Morgan fingerprint density at radius 1 is 1.16 bits per heavy atom. The van der Waals surface area contributed by atoms with E-state index in [1.165, 1.54) is 15.6 Å². The molecule has 0 N–H and O–H groups in total. The van der Waals surface area contributed by atoms with E-state index >= 15 is 0 Å². The van der Waals surface area contributed by atoms with Crippen molar-refractivity contribution in [3.8, 4) is 5.75 Å². The summed E-state index contributed by atoms with van der Waals surface area (Å²) in [4.78, 5) is 23.1. The van der Waals surface area contributed by atoms with Gasteiger partial charge in [-0.2, -0.15) is 4.31 Å². The molecule has 9 nitrogen and oxygen atoms in total. The predicted molar refractivity (Wildman–Crippen MR) is 148 cm³/mol. The summed E-state index contributed by atoms with van der Waals surface area (Å²) in [6.07, 6.45) is 1.88. The van der Waals surface area contributed by atoms with E-state index in [2.05, 4.69) is 4.90 Å². The van der Waals surface area contributed by atoms with Crippen molar-refractivity contribution in [3.63, 3.8) is 0 Å². The normalized spacial score (nSPS) is 19.2. The third kappa shape index (κ3) is 5.72. The number of thiazole rings is 1. The molecule has 1 atom stereocenters. The first-order chi connectivity index (χ1) is 18.4. The molecule has 11 heteroatoms. The lowest BCUT2D eigenvalue weighted by Crippen LogP contribution is -2.48. The number of nitrogens with zero attached hydrogens (tertiary/aromatic N) is 4. The van der Waals surface area contributed by atoms with Gasteiger partial charge in [0.1, 0.15) is 11.8 Å². The number of methoxy groups -OCH3 is 1. The number of hydrogen-bond donors (Lipinski definition) is 0. The highest BCUT2D eigenvalue weighted by Crippen LogP contribution is 2.34. The first-order valence-corrected chi connectivity index (χ1v) is 15.3. The van der Waals surface area contributed by atoms with Crippen LogP contribution in [0.3, 0.4) is 0 Å². The summed E-state index contributed by atoms with van der Waals surface area (Å²) in [7, 11) is -2.20. The SMILES string of the molecule is COc1ccc2sc(N(CCCN3CCOCC3)C(=O)C3CCCN3S(=O)(=O)c3ccc(C)cc3)nc2c1. The molecule has 0 spiro atoms. The quantitative estimate of drug-likeness (QED) is 0.397. The summed E-state index contributed by atoms with van der Waals surface area (Å²) >= 11 is 1.44. The maximum absolute atomic E-state index is 14.1. The van der Waals surface area contributed by atoms with Crippen LogP contribution in [0.1, 0.15) is 24.8 Å². The molecule has 2 aromatic carbocycles. The topological polar surface area (TPSA) is 92.3 Å². The molecule has 0 saturated carbocycles. The summed E-state index contributed by atoms with van der Waals surface area (Å²) in [5, 5.41) is 0.583. The average Bonchev–Trinajstić information content (AvgIpc) is 3.59. The molecule has 5 rings (SSSR count). The Balaban J connectivity index is 1.42. The number of rotatable bonds is 9. The zero-order valence-electron chi connectivity index (χ0n) is 21.8. The third-order valence-corrected chi connectivity index (χ3v) is 10.1. The maximum atomic E-state index is 14.1. The summed E-state index contributed by atoms with van der Waals surface area (Å²) in [5.74, 6) is 0.483. The monoisotopic (exact) mass is 558 g/mol. The minimum atomic E-state index is -3.81. The second-order valence-corrected chi connectivity index (χ2v) is 12.6. The number of carbonyl (C=O) groups is 1. The van der Waals surface area contributed by atoms with Crippen LogP contribution in [0.2, 0.25) is 0 Å². The molecular formula is C27H34N4O5S2. The van der Waals surface area contributed by atoms with Gasteiger partial charge in [0.2, 0.25) is 15.9 Å². The molecule has 0 bridgehead atoms. The number of fused-ring (bicyclic) bond motifs is 1. The fourth-order valence-electron chi connectivity index (χ4n) is 5.01. The lowest BCUT2D eigenvalue weighted by Gasteiger charge is -2.30. The van der Waals surface area contributed by atoms with E-state index in [1.807, 2.05) is 25.1 Å². The highest BCUT2D eigenvalue weighted by molar-refractivity contribution is 7.89. The fraction of sp³-hybridized carbons (Fsp3) is 0.481. The van der Waals surface area contributed by atoms with Gasteiger partial charge in [0.15, 0.2) is 5.13 Å². The molecule has 1 unspecified atom stereocenters. The maximum Gasteiger partial charge on any atom is 0.247 e. The fourth-order valence-corrected chi connectivity index (χ4v) is 7.64. The van der Waals surface area contributed by atoms with E-state index in [-0.39, 0.29) is 10.8 Å². The number of anilines is 1. The minimum absolute atomic E-state index is 0.216. The molecule has 1 amide bonds. The lowest BCUT2D eigenvalue weighted by molar-refractivity contribution is -0.121. The van der Waals surface area contributed by atoms with Gasteiger partial charge in [0, 0.05) is 38.8 Å². The van der Waals surface area contributed by atoms with Crippen LogP contribution in [0.15, 0.2) is 47.4 Å². The van der Waals surface area contributed by atoms with E-state index in [0.717, 1.165) is 55.0 Å². The van der Waals surface area contributed by atoms with Crippen LogP contribution in [0.5, 0.6) is 5.75 Å². The number of sulfonamides is 1. The van der Waals surface area contributed by atoms with Crippen molar-refractivity contribution in [1.82, 2.24) is 14.2 Å². The molecule has 2 fully saturated rings. The zero-order chi connectivity index (χ0) is 26.7. The Hall–Kier alpha value is -2.57. The molecule has 38 heavy (non-hydrogen) atoms. The summed E-state index contributed by atoms with van der Waals surface area (Å²) < 4.78 is 40.3. The largest absolute Gasteiger partial charge is 0.497 e. The van der Waals surface area contributed by atoms with Gasteiger partial charge in [-0.1, -0.05) is 29.0 Å². The van der Waals surface area contributed by atoms with Gasteiger partial charge in [0.05, 0.1) is 35.4 Å². The van der Waals surface area contributed by atoms with Crippen LogP contribution in [0, 0.1) is 6.92 Å². The number of ether oxygens (including phenoxy) is 2. The van der Waals surface area contributed by atoms with Crippen LogP contribution in [0.25, 0.3) is 10.2 Å². The molecule has 3 heterocycles. The number of amides is 1. The Labute approximate surface area is 228 Å². The van der Waals surface area contributed by atoms with Gasteiger partial charge < -0.3 is 9.47 Å². The van der Waals surface area contributed by atoms with E-state index in [4.69, 9.17) is 14.5 Å². The van der Waals surface area contributed by atoms with Crippen LogP contribution in [-0.2, 0) is 19.6 Å². The van der Waals surface area contributed by atoms with E-state index in [0.29, 0.717) is 36.8 Å². The third-order valence-electron chi connectivity index (χ3n) is 7.16. The van der Waals surface area contributed by atoms with Gasteiger partial charge >= 0.3 is 0 Å². The minimum Gasteiger partial charge on any atom is -0.497 e. The van der Waals surface area contributed by atoms with Crippen LogP contribution < -0.4 is 9.64 Å². The number of hydrogen-bond acceptors (Lipinski definition) is 8. The van der Waals surface area contributed by atoms with Crippen LogP contribution in [-0.4, -0.2) is 87.6 Å². The molecule has 204 valence electrons. The van der Waals surface area contributed by atoms with Gasteiger partial charge in [-0.15, -0.1) is 0 Å². The second-order valence-electron chi connectivity index (χ2n) is 9.71. The summed E-state index contributed by atoms with van der Waals surface area (Å²) in [6, 6.07) is 11.7. The molecule has 2 aliphatic rings. The molecule has 0 aliphatic carbocycles. The Morgan fingerprint density at radius 3 is 2.66 bits per heavy atom. The number of benzene rings is 2. The first-order valence-electron chi connectivity index (χ1n) is 13.0. The summed E-state index contributed by atoms with van der Waals surface area (Å²) in [6.45, 7) is 6.73. The second kappa shape index (κ2) is 11.7. The van der Waals surface area contributed by atoms with Crippen LogP contribution >= 0.6 is 11.3 Å². The summed E-state index contributed by atoms with van der Waals surface area (Å²) in [5.41, 5.74) is 1.74. The van der Waals surface area contributed by atoms with E-state index in [1.54, 1.807) is 36.3 Å². The molecular weight excluding hydrogens is 524 g/mol. The predicted octanol–water partition coefficient (Wildman–Crippen LogP) is 3.52. The van der Waals surface area contributed by atoms with Crippen molar-refractivity contribution < 1.29 is 22.7 Å². The molecule has 0 radical (unpaired) electrons. The standard InChI is InChI=1S/C27H34N4O5S2/c1-20-6-9-22(10-7-20)38(33,34)31-14-3-5-24(31)26(32)30(13-4-12-29-15-17-36-18-16-29)27-28-23-19-21(35-2)8-11-25(23)37-27/h6-11,19,24H,3-5,12-18H2,1-2H3. The molecule has 2 saturated heterocycles. The van der Waals surface area contributed by atoms with Crippen molar-refractivity contribution in [2.75, 3.05) is 57.9 Å². The van der Waals surface area contributed by atoms with Crippen molar-refractivity contribution in [2.24, 2.45) is 0 Å². The van der Waals surface area contributed by atoms with E-state index in [9.17, 15) is 13.2 Å². The Kier molecular flexibility index (Phi) is 8.29. The van der Waals surface area contributed by atoms with Crippen molar-refractivity contribution in [3.05, 3.63) is 48.0 Å². The van der Waals surface area contributed by atoms with E-state index < -0.39 is 16.1 Å². The van der Waals surface area contributed by atoms with Gasteiger partial charge in [-0.25, -0.2) is 13.4 Å². The van der Waals surface area contributed by atoms with Gasteiger partial charge in [0.25, 0.3) is 0 Å². The van der Waals surface area contributed by atoms with Crippen molar-refractivity contribution in [2.45, 2.75) is 37.1 Å². The van der Waals surface area contributed by atoms with Crippen LogP contribution in [0.4, 0.5) is 5.13 Å². The first kappa shape index (κ1) is 27.0. The Morgan fingerprint density at radius 2 is 1.92 bits per heavy atom. The van der Waals surface area contributed by atoms with Gasteiger partial charge in [-0.3, -0.25) is 14.6 Å². The van der Waals surface area contributed by atoms with Crippen molar-refractivity contribution >= 4 is 42.6 Å². The number of morpholine rings is 1.